The Morgan fingerprint density at radius 2 is 1.84 bits per heavy atom. The molecule has 1 aromatic carbocycles. The minimum atomic E-state index is -4.68. The second kappa shape index (κ2) is 8.67. The van der Waals surface area contributed by atoms with Gasteiger partial charge in [0.05, 0.1) is 24.3 Å². The molecule has 3 aromatic rings. The van der Waals surface area contributed by atoms with E-state index >= 15 is 0 Å². The molecule has 0 N–H and O–H groups in total. The highest BCUT2D eigenvalue weighted by Gasteiger charge is 2.42. The van der Waals surface area contributed by atoms with Crippen molar-refractivity contribution in [1.82, 2.24) is 14.8 Å². The van der Waals surface area contributed by atoms with Crippen LogP contribution in [-0.4, -0.2) is 48.7 Å². The van der Waals surface area contributed by atoms with Crippen LogP contribution < -0.4 is 4.31 Å². The predicted molar refractivity (Wildman–Crippen MR) is 127 cm³/mol. The third kappa shape index (κ3) is 4.22. The van der Waals surface area contributed by atoms with E-state index in [0.29, 0.717) is 38.0 Å². The number of aromatic nitrogens is 3. The first-order valence-electron chi connectivity index (χ1n) is 11.8. The van der Waals surface area contributed by atoms with Gasteiger partial charge in [-0.05, 0) is 41.3 Å². The van der Waals surface area contributed by atoms with Crippen LogP contribution in [0.1, 0.15) is 41.9 Å². The molecule has 6 rings (SSSR count). The normalized spacial score (nSPS) is 21.3. The summed E-state index contributed by atoms with van der Waals surface area (Å²) in [5.41, 5.74) is 2.59. The largest absolute Gasteiger partial charge is 0.504 e. The quantitative estimate of drug-likeness (QED) is 0.495. The van der Waals surface area contributed by atoms with Gasteiger partial charge in [0.1, 0.15) is 5.82 Å². The molecule has 1 unspecified atom stereocenters. The van der Waals surface area contributed by atoms with Gasteiger partial charge in [-0.3, -0.25) is 0 Å². The Morgan fingerprint density at radius 1 is 1.08 bits per heavy atom. The van der Waals surface area contributed by atoms with Gasteiger partial charge in [0.2, 0.25) is 0 Å². The molecular weight excluding hydrogens is 509 g/mol. The number of sulfonamides is 1. The number of alkyl halides is 3. The fourth-order valence-corrected chi connectivity index (χ4v) is 6.65. The number of nitrogens with zero attached hydrogens (tertiary/aromatic N) is 4. The van der Waals surface area contributed by atoms with Crippen LogP contribution in [-0.2, 0) is 25.8 Å². The van der Waals surface area contributed by atoms with Crippen molar-refractivity contribution < 1.29 is 31.1 Å². The Morgan fingerprint density at radius 3 is 2.49 bits per heavy atom. The molecule has 1 atom stereocenters. The van der Waals surface area contributed by atoms with Gasteiger partial charge in [0.15, 0.2) is 5.79 Å². The summed E-state index contributed by atoms with van der Waals surface area (Å²) in [6.45, 7) is 1.03. The summed E-state index contributed by atoms with van der Waals surface area (Å²) >= 11 is 0. The number of fused-ring (bicyclic) bond motifs is 1. The lowest BCUT2D eigenvalue weighted by molar-refractivity contribution is -0.212. The topological polar surface area (TPSA) is 86.6 Å². The van der Waals surface area contributed by atoms with Crippen molar-refractivity contribution in [2.24, 2.45) is 0 Å². The van der Waals surface area contributed by atoms with E-state index in [1.807, 2.05) is 12.1 Å². The second-order valence-corrected chi connectivity index (χ2v) is 11.1. The average molecular weight is 533 g/mol. The number of anilines is 1. The molecule has 2 aromatic heterocycles. The molecule has 12 heteroatoms. The lowest BCUT2D eigenvalue weighted by atomic mass is 9.88. The molecule has 0 radical (unpaired) electrons. The fraction of sp³-hybridized carbons (Fsp3) is 0.360. The van der Waals surface area contributed by atoms with Gasteiger partial charge >= 0.3 is 6.30 Å². The van der Waals surface area contributed by atoms with Gasteiger partial charge < -0.3 is 9.47 Å². The van der Waals surface area contributed by atoms with Crippen molar-refractivity contribution in [2.45, 2.75) is 42.2 Å². The Hall–Kier alpha value is -3.22. The molecule has 1 spiro atoms. The molecule has 0 bridgehead atoms. The Kier molecular flexibility index (Phi) is 5.66. The lowest BCUT2D eigenvalue weighted by Gasteiger charge is -2.30. The number of benzene rings is 1. The summed E-state index contributed by atoms with van der Waals surface area (Å²) in [7, 11) is -3.99. The number of allylic oxidation sites excluding steroid dienone is 1. The lowest BCUT2D eigenvalue weighted by Crippen LogP contribution is -2.31. The molecule has 1 saturated heterocycles. The third-order valence-corrected chi connectivity index (χ3v) is 8.84. The number of pyridine rings is 1. The monoisotopic (exact) mass is 532 g/mol. The number of halogens is 3. The summed E-state index contributed by atoms with van der Waals surface area (Å²) in [5, 5.41) is 3.47. The number of ether oxygens (including phenoxy) is 2. The van der Waals surface area contributed by atoms with Gasteiger partial charge in [-0.15, -0.1) is 13.2 Å². The van der Waals surface area contributed by atoms with Gasteiger partial charge in [0, 0.05) is 43.3 Å². The first-order valence-corrected chi connectivity index (χ1v) is 13.3. The van der Waals surface area contributed by atoms with Gasteiger partial charge in [0.25, 0.3) is 10.0 Å². The standard InChI is InChI=1S/C25H23F3N4O4S/c26-25(27,28)32-15-19(14-30-32)22-16-31(37(33,34)20-4-2-1-3-5-20)23-21(22)12-18(13-29-23)17-6-8-24(9-7-17)35-10-11-36-24/h1-6,12-15,22H,7-11,16H2. The van der Waals surface area contributed by atoms with Crippen molar-refractivity contribution in [1.29, 1.82) is 0 Å². The van der Waals surface area contributed by atoms with Crippen LogP contribution in [0.3, 0.4) is 0 Å². The van der Waals surface area contributed by atoms with Crippen molar-refractivity contribution >= 4 is 21.4 Å². The Labute approximate surface area is 211 Å². The zero-order chi connectivity index (χ0) is 25.8. The second-order valence-electron chi connectivity index (χ2n) is 9.27. The minimum absolute atomic E-state index is 0.0711. The highest BCUT2D eigenvalue weighted by molar-refractivity contribution is 7.92. The molecule has 1 aliphatic carbocycles. The third-order valence-electron chi connectivity index (χ3n) is 7.07. The fourth-order valence-electron chi connectivity index (χ4n) is 5.17. The van der Waals surface area contributed by atoms with E-state index < -0.39 is 28.0 Å². The van der Waals surface area contributed by atoms with Crippen LogP contribution in [0.15, 0.2) is 66.0 Å². The van der Waals surface area contributed by atoms with E-state index in [2.05, 4.69) is 10.1 Å². The molecule has 3 aliphatic rings. The Balaban J connectivity index is 1.40. The summed E-state index contributed by atoms with van der Waals surface area (Å²) in [4.78, 5) is 4.60. The number of hydrogen-bond acceptors (Lipinski definition) is 6. The molecule has 2 aliphatic heterocycles. The maximum atomic E-state index is 13.5. The van der Waals surface area contributed by atoms with Crippen LogP contribution in [0.4, 0.5) is 19.0 Å². The first-order chi connectivity index (χ1) is 17.7. The van der Waals surface area contributed by atoms with Crippen LogP contribution in [0.25, 0.3) is 5.57 Å². The van der Waals surface area contributed by atoms with Crippen LogP contribution in [0.5, 0.6) is 0 Å². The molecule has 4 heterocycles. The van der Waals surface area contributed by atoms with Crippen LogP contribution in [0.2, 0.25) is 0 Å². The average Bonchev–Trinajstić information content (AvgIpc) is 3.63. The molecule has 194 valence electrons. The van der Waals surface area contributed by atoms with Crippen molar-refractivity contribution in [3.05, 3.63) is 77.8 Å². The Bertz CT molecular complexity index is 1460. The summed E-state index contributed by atoms with van der Waals surface area (Å²) in [6, 6.07) is 9.73. The summed E-state index contributed by atoms with van der Waals surface area (Å²) in [6.07, 6.45) is 2.92. The maximum absolute atomic E-state index is 13.5. The van der Waals surface area contributed by atoms with Crippen molar-refractivity contribution in [2.75, 3.05) is 24.1 Å². The van der Waals surface area contributed by atoms with Crippen molar-refractivity contribution in [3.63, 3.8) is 0 Å². The molecule has 8 nitrogen and oxygen atoms in total. The molecule has 37 heavy (non-hydrogen) atoms. The van der Waals surface area contributed by atoms with Crippen LogP contribution in [0, 0.1) is 0 Å². The van der Waals surface area contributed by atoms with Gasteiger partial charge in [-0.1, -0.05) is 24.3 Å². The van der Waals surface area contributed by atoms with E-state index in [1.54, 1.807) is 24.4 Å². The predicted octanol–water partition coefficient (Wildman–Crippen LogP) is 4.41. The maximum Gasteiger partial charge on any atom is 0.504 e. The zero-order valence-corrected chi connectivity index (χ0v) is 20.4. The minimum Gasteiger partial charge on any atom is -0.347 e. The summed E-state index contributed by atoms with van der Waals surface area (Å²) in [5.74, 6) is -1.06. The van der Waals surface area contributed by atoms with E-state index in [4.69, 9.17) is 9.47 Å². The van der Waals surface area contributed by atoms with E-state index in [-0.39, 0.29) is 27.5 Å². The zero-order valence-electron chi connectivity index (χ0n) is 19.6. The van der Waals surface area contributed by atoms with E-state index in [9.17, 15) is 21.6 Å². The molecule has 0 amide bonds. The number of hydrogen-bond donors (Lipinski definition) is 0. The summed E-state index contributed by atoms with van der Waals surface area (Å²) < 4.78 is 79.5. The molecule has 0 saturated carbocycles. The van der Waals surface area contributed by atoms with Crippen molar-refractivity contribution in [3.8, 4) is 0 Å². The van der Waals surface area contributed by atoms with E-state index in [0.717, 1.165) is 23.5 Å². The highest BCUT2D eigenvalue weighted by atomic mass is 32.2. The number of rotatable bonds is 4. The molecular formula is C25H23F3N4O4S. The SMILES string of the molecule is O=S(=O)(c1ccccc1)N1CC(c2cnn(C(F)(F)F)c2)c2cc(C3=CCC4(CC3)OCCO4)cnc21. The van der Waals surface area contributed by atoms with E-state index in [1.165, 1.54) is 16.4 Å². The highest BCUT2D eigenvalue weighted by Crippen LogP contribution is 2.44. The molecule has 1 fully saturated rings. The van der Waals surface area contributed by atoms with Gasteiger partial charge in [-0.25, -0.2) is 17.7 Å². The van der Waals surface area contributed by atoms with Crippen LogP contribution >= 0.6 is 0 Å². The van der Waals surface area contributed by atoms with Gasteiger partial charge in [-0.2, -0.15) is 9.78 Å². The smallest absolute Gasteiger partial charge is 0.347 e. The first kappa shape index (κ1) is 24.1.